The Kier molecular flexibility index (Phi) is 6.46. The van der Waals surface area contributed by atoms with Gasteiger partial charge < -0.3 is 19.3 Å². The number of benzene rings is 3. The smallest absolute Gasteiger partial charge is 0.227 e. The van der Waals surface area contributed by atoms with E-state index >= 15 is 0 Å². The predicted molar refractivity (Wildman–Crippen MR) is 134 cm³/mol. The van der Waals surface area contributed by atoms with Gasteiger partial charge >= 0.3 is 0 Å². The van der Waals surface area contributed by atoms with Crippen LogP contribution in [0.25, 0.3) is 11.0 Å². The van der Waals surface area contributed by atoms with Crippen LogP contribution in [0.1, 0.15) is 18.2 Å². The van der Waals surface area contributed by atoms with Crippen LogP contribution in [-0.4, -0.2) is 39.8 Å². The number of imidazole rings is 1. The van der Waals surface area contributed by atoms with Gasteiger partial charge in [-0.3, -0.25) is 4.79 Å². The van der Waals surface area contributed by atoms with Crippen LogP contribution in [-0.2, 0) is 11.3 Å². The summed E-state index contributed by atoms with van der Waals surface area (Å²) in [7, 11) is 0. The minimum absolute atomic E-state index is 0.0394. The van der Waals surface area contributed by atoms with E-state index < -0.39 is 6.10 Å². The van der Waals surface area contributed by atoms with Crippen LogP contribution in [0.3, 0.4) is 0 Å². The van der Waals surface area contributed by atoms with Crippen LogP contribution in [0, 0.1) is 0 Å². The molecule has 3 aromatic carbocycles. The van der Waals surface area contributed by atoms with Gasteiger partial charge in [-0.2, -0.15) is 0 Å². The highest BCUT2D eigenvalue weighted by atomic mass is 35.5. The summed E-state index contributed by atoms with van der Waals surface area (Å²) >= 11 is 11.9. The molecule has 1 saturated heterocycles. The number of aliphatic hydroxyl groups excluding tert-OH is 1. The van der Waals surface area contributed by atoms with Gasteiger partial charge in [-0.15, -0.1) is 0 Å². The number of fused-ring (bicyclic) bond motifs is 1. The fourth-order valence-electron chi connectivity index (χ4n) is 4.34. The van der Waals surface area contributed by atoms with Crippen molar-refractivity contribution in [2.24, 2.45) is 0 Å². The maximum Gasteiger partial charge on any atom is 0.227 e. The first-order valence-corrected chi connectivity index (χ1v) is 11.8. The van der Waals surface area contributed by atoms with Crippen molar-refractivity contribution < 1.29 is 14.6 Å². The molecule has 1 aromatic heterocycles. The molecule has 0 bridgehead atoms. The number of aromatic nitrogens is 2. The molecule has 2 heterocycles. The molecule has 174 valence electrons. The van der Waals surface area contributed by atoms with Crippen LogP contribution in [0.4, 0.5) is 5.69 Å². The van der Waals surface area contributed by atoms with Crippen molar-refractivity contribution in [2.45, 2.75) is 25.0 Å². The second kappa shape index (κ2) is 9.66. The van der Waals surface area contributed by atoms with E-state index in [1.807, 2.05) is 41.0 Å². The van der Waals surface area contributed by atoms with Gasteiger partial charge in [0.2, 0.25) is 5.91 Å². The standard InChI is InChI=1S/C26H23Cl2N3O3/c27-18-5-9-20(10-6-18)30-14-17(13-25(30)33)26-29-23-3-1-2-4-24(23)31(26)15-21(32)16-34-22-11-7-19(28)8-12-22/h1-12,17,21,32H,13-16H2. The molecule has 0 saturated carbocycles. The third-order valence-electron chi connectivity index (χ3n) is 5.96. The predicted octanol–water partition coefficient (Wildman–Crippen LogP) is 5.30. The highest BCUT2D eigenvalue weighted by molar-refractivity contribution is 6.30. The normalized spacial score (nSPS) is 16.9. The summed E-state index contributed by atoms with van der Waals surface area (Å²) in [4.78, 5) is 19.5. The zero-order valence-corrected chi connectivity index (χ0v) is 19.8. The maximum absolute atomic E-state index is 12.9. The Morgan fingerprint density at radius 3 is 2.41 bits per heavy atom. The fraction of sp³-hybridized carbons (Fsp3) is 0.231. The summed E-state index contributed by atoms with van der Waals surface area (Å²) < 4.78 is 7.74. The second-order valence-corrected chi connectivity index (χ2v) is 9.24. The number of para-hydroxylation sites is 2. The summed E-state index contributed by atoms with van der Waals surface area (Å²) in [5.41, 5.74) is 2.57. The first-order chi connectivity index (χ1) is 16.5. The second-order valence-electron chi connectivity index (χ2n) is 8.37. The molecule has 2 unspecified atom stereocenters. The summed E-state index contributed by atoms with van der Waals surface area (Å²) in [6.07, 6.45) is -0.417. The van der Waals surface area contributed by atoms with Gasteiger partial charge in [0.1, 0.15) is 24.3 Å². The van der Waals surface area contributed by atoms with Crippen LogP contribution >= 0.6 is 23.2 Å². The minimum atomic E-state index is -0.767. The molecule has 1 aliphatic heterocycles. The molecule has 6 nitrogen and oxygen atoms in total. The number of ether oxygens (including phenoxy) is 1. The van der Waals surface area contributed by atoms with E-state index in [9.17, 15) is 9.90 Å². The van der Waals surface area contributed by atoms with Gasteiger partial charge in [0, 0.05) is 34.6 Å². The molecule has 4 aromatic rings. The molecular formula is C26H23Cl2N3O3. The average Bonchev–Trinajstić information content (AvgIpc) is 3.40. The van der Waals surface area contributed by atoms with Crippen LogP contribution < -0.4 is 9.64 Å². The monoisotopic (exact) mass is 495 g/mol. The highest BCUT2D eigenvalue weighted by Gasteiger charge is 2.35. The first kappa shape index (κ1) is 22.7. The number of halogens is 2. The molecule has 8 heteroatoms. The van der Waals surface area contributed by atoms with Gasteiger partial charge in [-0.25, -0.2) is 4.98 Å². The molecule has 5 rings (SSSR count). The minimum Gasteiger partial charge on any atom is -0.491 e. The van der Waals surface area contributed by atoms with Crippen LogP contribution in [0.15, 0.2) is 72.8 Å². The highest BCUT2D eigenvalue weighted by Crippen LogP contribution is 2.33. The van der Waals surface area contributed by atoms with Crippen molar-refractivity contribution in [1.82, 2.24) is 9.55 Å². The van der Waals surface area contributed by atoms with E-state index in [1.54, 1.807) is 41.3 Å². The lowest BCUT2D eigenvalue weighted by Gasteiger charge is -2.19. The lowest BCUT2D eigenvalue weighted by atomic mass is 10.1. The Hall–Kier alpha value is -3.06. The van der Waals surface area contributed by atoms with Crippen molar-refractivity contribution in [2.75, 3.05) is 18.1 Å². The Morgan fingerprint density at radius 1 is 1.00 bits per heavy atom. The van der Waals surface area contributed by atoms with E-state index in [-0.39, 0.29) is 18.4 Å². The van der Waals surface area contributed by atoms with Crippen molar-refractivity contribution >= 4 is 45.8 Å². The van der Waals surface area contributed by atoms with E-state index in [2.05, 4.69) is 0 Å². The lowest BCUT2D eigenvalue weighted by molar-refractivity contribution is -0.117. The van der Waals surface area contributed by atoms with Crippen LogP contribution in [0.2, 0.25) is 10.0 Å². The number of hydrogen-bond acceptors (Lipinski definition) is 4. The van der Waals surface area contributed by atoms with E-state index in [0.29, 0.717) is 35.3 Å². The molecule has 1 aliphatic rings. The molecule has 0 aliphatic carbocycles. The molecule has 34 heavy (non-hydrogen) atoms. The molecular weight excluding hydrogens is 473 g/mol. The SMILES string of the molecule is O=C1CC(c2nc3ccccc3n2CC(O)COc2ccc(Cl)cc2)CN1c1ccc(Cl)cc1. The summed E-state index contributed by atoms with van der Waals surface area (Å²) in [6.45, 7) is 0.935. The van der Waals surface area contributed by atoms with E-state index in [0.717, 1.165) is 22.5 Å². The topological polar surface area (TPSA) is 67.6 Å². The Labute approximate surface area is 207 Å². The van der Waals surface area contributed by atoms with E-state index in [1.165, 1.54) is 0 Å². The largest absolute Gasteiger partial charge is 0.491 e. The van der Waals surface area contributed by atoms with E-state index in [4.69, 9.17) is 32.9 Å². The molecule has 0 spiro atoms. The summed E-state index contributed by atoms with van der Waals surface area (Å²) in [5, 5.41) is 12.0. The number of amides is 1. The molecule has 2 atom stereocenters. The van der Waals surface area contributed by atoms with Crippen molar-refractivity contribution in [3.63, 3.8) is 0 Å². The molecule has 1 fully saturated rings. The van der Waals surface area contributed by atoms with Gasteiger partial charge in [0.25, 0.3) is 0 Å². The number of nitrogens with zero attached hydrogens (tertiary/aromatic N) is 3. The quantitative estimate of drug-likeness (QED) is 0.377. The number of rotatable bonds is 7. The third kappa shape index (κ3) is 4.75. The maximum atomic E-state index is 12.9. The number of carbonyl (C=O) groups is 1. The number of hydrogen-bond donors (Lipinski definition) is 1. The van der Waals surface area contributed by atoms with Crippen molar-refractivity contribution in [1.29, 1.82) is 0 Å². The molecule has 1 amide bonds. The fourth-order valence-corrected chi connectivity index (χ4v) is 4.59. The van der Waals surface area contributed by atoms with Crippen molar-refractivity contribution in [3.8, 4) is 5.75 Å². The van der Waals surface area contributed by atoms with Gasteiger partial charge in [-0.1, -0.05) is 35.3 Å². The lowest BCUT2D eigenvalue weighted by Crippen LogP contribution is -2.26. The van der Waals surface area contributed by atoms with Gasteiger partial charge in [0.15, 0.2) is 0 Å². The van der Waals surface area contributed by atoms with Gasteiger partial charge in [-0.05, 0) is 60.7 Å². The van der Waals surface area contributed by atoms with Gasteiger partial charge in [0.05, 0.1) is 17.6 Å². The molecule has 0 radical (unpaired) electrons. The zero-order chi connectivity index (χ0) is 23.7. The van der Waals surface area contributed by atoms with Crippen molar-refractivity contribution in [3.05, 3.63) is 88.7 Å². The average molecular weight is 496 g/mol. The summed E-state index contributed by atoms with van der Waals surface area (Å²) in [6, 6.07) is 22.1. The zero-order valence-electron chi connectivity index (χ0n) is 18.3. The number of aliphatic hydroxyl groups is 1. The third-order valence-corrected chi connectivity index (χ3v) is 6.47. The number of carbonyl (C=O) groups excluding carboxylic acids is 1. The Balaban J connectivity index is 1.37. The first-order valence-electron chi connectivity index (χ1n) is 11.1. The molecule has 1 N–H and O–H groups in total. The number of anilines is 1. The summed E-state index contributed by atoms with van der Waals surface area (Å²) in [5.74, 6) is 1.37. The Morgan fingerprint density at radius 2 is 1.68 bits per heavy atom. The Bertz CT molecular complexity index is 1310. The van der Waals surface area contributed by atoms with Crippen LogP contribution in [0.5, 0.6) is 5.75 Å².